The van der Waals surface area contributed by atoms with Crippen LogP contribution < -0.4 is 0 Å². The molecule has 0 aliphatic carbocycles. The van der Waals surface area contributed by atoms with Crippen molar-refractivity contribution in [3.8, 4) is 0 Å². The summed E-state index contributed by atoms with van der Waals surface area (Å²) in [6.45, 7) is 0.281. The van der Waals surface area contributed by atoms with Crippen molar-refractivity contribution in [2.75, 3.05) is 0 Å². The fraction of sp³-hybridized carbons (Fsp3) is 0.125. The van der Waals surface area contributed by atoms with Gasteiger partial charge in [0.15, 0.2) is 5.78 Å². The van der Waals surface area contributed by atoms with Crippen molar-refractivity contribution >= 4 is 17.5 Å². The molecular weight excluding hydrogens is 350 g/mol. The number of ketones is 2. The Morgan fingerprint density at radius 1 is 0.750 bits per heavy atom. The highest BCUT2D eigenvalue weighted by atomic mass is 16.2. The predicted molar refractivity (Wildman–Crippen MR) is 105 cm³/mol. The average molecular weight is 369 g/mol. The first kappa shape index (κ1) is 17.9. The summed E-state index contributed by atoms with van der Waals surface area (Å²) in [6, 6.07) is 26.9. The Morgan fingerprint density at radius 3 is 1.89 bits per heavy atom. The van der Waals surface area contributed by atoms with Gasteiger partial charge in [-0.05, 0) is 11.1 Å². The zero-order chi connectivity index (χ0) is 19.5. The lowest BCUT2D eigenvalue weighted by Gasteiger charge is -2.27. The summed E-state index contributed by atoms with van der Waals surface area (Å²) in [4.78, 5) is 40.5. The average Bonchev–Trinajstić information content (AvgIpc) is 3.00. The van der Waals surface area contributed by atoms with Crippen LogP contribution in [-0.4, -0.2) is 22.4 Å². The number of nitrogens with zero attached hydrogens (tertiary/aromatic N) is 1. The van der Waals surface area contributed by atoms with Crippen molar-refractivity contribution in [3.63, 3.8) is 0 Å². The Balaban J connectivity index is 1.77. The fourth-order valence-electron chi connectivity index (χ4n) is 3.74. The summed E-state index contributed by atoms with van der Waals surface area (Å²) < 4.78 is 0. The predicted octanol–water partition coefficient (Wildman–Crippen LogP) is 3.84. The third kappa shape index (κ3) is 3.25. The van der Waals surface area contributed by atoms with Gasteiger partial charge in [0.25, 0.3) is 5.91 Å². The summed E-state index contributed by atoms with van der Waals surface area (Å²) in [5, 5.41) is 0. The summed E-state index contributed by atoms with van der Waals surface area (Å²) in [6.07, 6.45) is 0. The number of hydrogen-bond acceptors (Lipinski definition) is 3. The van der Waals surface area contributed by atoms with Gasteiger partial charge in [0.05, 0.1) is 6.04 Å². The number of amides is 1. The molecule has 0 bridgehead atoms. The lowest BCUT2D eigenvalue weighted by molar-refractivity contribution is -0.141. The number of Topliss-reactive ketones (excluding diaryl/α,β-unsaturated/α-hetero) is 2. The number of carbonyl (C=O) groups is 3. The highest BCUT2D eigenvalue weighted by Crippen LogP contribution is 2.39. The second-order valence-corrected chi connectivity index (χ2v) is 6.85. The first-order valence-corrected chi connectivity index (χ1v) is 9.20. The molecule has 4 nitrogen and oxygen atoms in total. The van der Waals surface area contributed by atoms with E-state index in [-0.39, 0.29) is 12.3 Å². The molecule has 0 saturated carbocycles. The van der Waals surface area contributed by atoms with E-state index < -0.39 is 23.7 Å². The van der Waals surface area contributed by atoms with Crippen LogP contribution in [0.5, 0.6) is 0 Å². The number of rotatable bonds is 5. The second kappa shape index (κ2) is 7.61. The Labute approximate surface area is 163 Å². The van der Waals surface area contributed by atoms with Crippen LogP contribution in [0.3, 0.4) is 0 Å². The minimum absolute atomic E-state index is 0.281. The Bertz CT molecular complexity index is 1000. The molecule has 2 atom stereocenters. The molecule has 1 amide bonds. The topological polar surface area (TPSA) is 54.5 Å². The molecule has 28 heavy (non-hydrogen) atoms. The van der Waals surface area contributed by atoms with Crippen LogP contribution in [0.2, 0.25) is 0 Å². The molecule has 4 rings (SSSR count). The molecule has 1 fully saturated rings. The summed E-state index contributed by atoms with van der Waals surface area (Å²) >= 11 is 0. The monoisotopic (exact) mass is 369 g/mol. The molecule has 1 saturated heterocycles. The normalized spacial score (nSPS) is 19.1. The van der Waals surface area contributed by atoms with Crippen LogP contribution in [0.25, 0.3) is 0 Å². The van der Waals surface area contributed by atoms with Gasteiger partial charge in [0.1, 0.15) is 5.92 Å². The number of benzene rings is 3. The van der Waals surface area contributed by atoms with Crippen LogP contribution in [0.1, 0.15) is 27.5 Å². The van der Waals surface area contributed by atoms with Gasteiger partial charge in [-0.25, -0.2) is 0 Å². The van der Waals surface area contributed by atoms with Crippen molar-refractivity contribution < 1.29 is 14.4 Å². The minimum Gasteiger partial charge on any atom is -0.324 e. The molecule has 3 aromatic rings. The molecule has 2 unspecified atom stereocenters. The molecule has 1 aliphatic rings. The Kier molecular flexibility index (Phi) is 4.85. The zero-order valence-corrected chi connectivity index (χ0v) is 15.2. The number of likely N-dealkylation sites (tertiary alicyclic amines) is 1. The van der Waals surface area contributed by atoms with Crippen LogP contribution >= 0.6 is 0 Å². The Hall–Kier alpha value is -3.53. The van der Waals surface area contributed by atoms with Crippen LogP contribution in [-0.2, 0) is 16.1 Å². The third-order valence-corrected chi connectivity index (χ3v) is 5.08. The van der Waals surface area contributed by atoms with Gasteiger partial charge >= 0.3 is 0 Å². The summed E-state index contributed by atoms with van der Waals surface area (Å²) in [7, 11) is 0. The van der Waals surface area contributed by atoms with Gasteiger partial charge in [-0.3, -0.25) is 14.4 Å². The molecule has 0 radical (unpaired) electrons. The van der Waals surface area contributed by atoms with E-state index in [1.807, 2.05) is 66.7 Å². The summed E-state index contributed by atoms with van der Waals surface area (Å²) in [5.41, 5.74) is 2.14. The maximum atomic E-state index is 13.2. The third-order valence-electron chi connectivity index (χ3n) is 5.08. The molecular formula is C24H19NO3. The van der Waals surface area contributed by atoms with E-state index in [9.17, 15) is 14.4 Å². The SMILES string of the molecule is O=C1C(=O)N(Cc2ccccc2)C(c2ccccc2)C1C(=O)c1ccccc1. The first-order valence-electron chi connectivity index (χ1n) is 9.20. The molecule has 4 heteroatoms. The van der Waals surface area contributed by atoms with Gasteiger partial charge < -0.3 is 4.90 Å². The number of hydrogen-bond donors (Lipinski definition) is 0. The maximum Gasteiger partial charge on any atom is 0.291 e. The van der Waals surface area contributed by atoms with Crippen LogP contribution in [0.15, 0.2) is 91.0 Å². The molecule has 1 aliphatic heterocycles. The van der Waals surface area contributed by atoms with Crippen molar-refractivity contribution in [3.05, 3.63) is 108 Å². The van der Waals surface area contributed by atoms with Crippen molar-refractivity contribution in [1.29, 1.82) is 0 Å². The highest BCUT2D eigenvalue weighted by Gasteiger charge is 2.51. The van der Waals surface area contributed by atoms with E-state index in [2.05, 4.69) is 0 Å². The number of carbonyl (C=O) groups excluding carboxylic acids is 3. The van der Waals surface area contributed by atoms with Crippen molar-refractivity contribution in [1.82, 2.24) is 4.90 Å². The smallest absolute Gasteiger partial charge is 0.291 e. The van der Waals surface area contributed by atoms with Gasteiger partial charge in [-0.15, -0.1) is 0 Å². The maximum absolute atomic E-state index is 13.2. The molecule has 0 spiro atoms. The first-order chi connectivity index (χ1) is 13.7. The largest absolute Gasteiger partial charge is 0.324 e. The van der Waals surface area contributed by atoms with E-state index in [0.29, 0.717) is 5.56 Å². The van der Waals surface area contributed by atoms with Gasteiger partial charge in [-0.1, -0.05) is 91.0 Å². The van der Waals surface area contributed by atoms with E-state index in [1.54, 1.807) is 24.3 Å². The fourth-order valence-corrected chi connectivity index (χ4v) is 3.74. The summed E-state index contributed by atoms with van der Waals surface area (Å²) in [5.74, 6) is -2.60. The van der Waals surface area contributed by atoms with Crippen LogP contribution in [0, 0.1) is 5.92 Å². The quantitative estimate of drug-likeness (QED) is 0.390. The molecule has 0 aromatic heterocycles. The Morgan fingerprint density at radius 2 is 1.29 bits per heavy atom. The van der Waals surface area contributed by atoms with E-state index in [1.165, 1.54) is 4.90 Å². The van der Waals surface area contributed by atoms with Crippen LogP contribution in [0.4, 0.5) is 0 Å². The standard InChI is InChI=1S/C24H19NO3/c26-22(19-14-8-3-9-15-19)20-21(18-12-6-2-7-13-18)25(24(28)23(20)27)16-17-10-4-1-5-11-17/h1-15,20-21H,16H2. The van der Waals surface area contributed by atoms with Crippen molar-refractivity contribution in [2.24, 2.45) is 5.92 Å². The minimum atomic E-state index is -1.04. The molecule has 0 N–H and O–H groups in total. The molecule has 138 valence electrons. The molecule has 3 aromatic carbocycles. The van der Waals surface area contributed by atoms with E-state index in [4.69, 9.17) is 0 Å². The van der Waals surface area contributed by atoms with Crippen molar-refractivity contribution in [2.45, 2.75) is 12.6 Å². The lowest BCUT2D eigenvalue weighted by Crippen LogP contribution is -2.30. The lowest BCUT2D eigenvalue weighted by atomic mass is 9.86. The van der Waals surface area contributed by atoms with E-state index >= 15 is 0 Å². The van der Waals surface area contributed by atoms with Gasteiger partial charge in [0.2, 0.25) is 5.78 Å². The zero-order valence-electron chi connectivity index (χ0n) is 15.2. The van der Waals surface area contributed by atoms with E-state index in [0.717, 1.165) is 11.1 Å². The second-order valence-electron chi connectivity index (χ2n) is 6.85. The van der Waals surface area contributed by atoms with Gasteiger partial charge in [0, 0.05) is 12.1 Å². The molecule has 1 heterocycles. The highest BCUT2D eigenvalue weighted by molar-refractivity contribution is 6.44. The van der Waals surface area contributed by atoms with Gasteiger partial charge in [-0.2, -0.15) is 0 Å².